The number of likely N-dealkylation sites (N-methyl/N-ethyl adjacent to an activating group) is 1. The van der Waals surface area contributed by atoms with Crippen molar-refractivity contribution in [3.63, 3.8) is 0 Å². The predicted octanol–water partition coefficient (Wildman–Crippen LogP) is 3.51. The molecule has 1 unspecified atom stereocenters. The molecule has 2 aromatic rings. The van der Waals surface area contributed by atoms with Gasteiger partial charge in [0.05, 0.1) is 16.9 Å². The molecule has 1 atom stereocenters. The molecule has 0 bridgehead atoms. The Morgan fingerprint density at radius 3 is 2.62 bits per heavy atom. The maximum atomic E-state index is 12.6. The van der Waals surface area contributed by atoms with Gasteiger partial charge < -0.3 is 9.47 Å². The van der Waals surface area contributed by atoms with Crippen molar-refractivity contribution >= 4 is 28.5 Å². The van der Waals surface area contributed by atoms with Gasteiger partial charge in [-0.15, -0.1) is 11.6 Å². The Hall–Kier alpha value is -1.55. The highest BCUT2D eigenvalue weighted by molar-refractivity contribution is 6.17. The number of aryl methyl sites for hydroxylation is 1. The van der Waals surface area contributed by atoms with Gasteiger partial charge in [0.1, 0.15) is 11.9 Å². The van der Waals surface area contributed by atoms with Gasteiger partial charge in [-0.2, -0.15) is 0 Å². The zero-order chi connectivity index (χ0) is 15.6. The van der Waals surface area contributed by atoms with E-state index in [1.165, 1.54) is 0 Å². The molecule has 4 nitrogen and oxygen atoms in total. The van der Waals surface area contributed by atoms with Gasteiger partial charge in [-0.25, -0.2) is 4.98 Å². The zero-order valence-corrected chi connectivity index (χ0v) is 13.8. The molecule has 0 aliphatic carbocycles. The third-order valence-electron chi connectivity index (χ3n) is 3.86. The van der Waals surface area contributed by atoms with E-state index in [0.717, 1.165) is 22.4 Å². The second kappa shape index (κ2) is 6.48. The molecule has 114 valence electrons. The average Bonchev–Trinajstić information content (AvgIpc) is 2.85. The Balaban J connectivity index is 2.53. The Kier molecular flexibility index (Phi) is 4.88. The first-order valence-electron chi connectivity index (χ1n) is 7.35. The molecular weight excluding hydrogens is 286 g/mol. The number of rotatable bonds is 5. The minimum absolute atomic E-state index is 0.104. The normalized spacial score (nSPS) is 12.6. The molecule has 0 fully saturated rings. The van der Waals surface area contributed by atoms with Gasteiger partial charge in [0.15, 0.2) is 0 Å². The van der Waals surface area contributed by atoms with Crippen LogP contribution in [0.4, 0.5) is 0 Å². The molecule has 0 saturated carbocycles. The fraction of sp³-hybridized carbons (Fsp3) is 0.500. The number of imidazole rings is 1. The van der Waals surface area contributed by atoms with Crippen molar-refractivity contribution in [2.75, 3.05) is 13.1 Å². The second-order valence-corrected chi connectivity index (χ2v) is 5.48. The van der Waals surface area contributed by atoms with Crippen LogP contribution in [0.15, 0.2) is 18.2 Å². The molecule has 0 aliphatic heterocycles. The Labute approximate surface area is 130 Å². The fourth-order valence-electron chi connectivity index (χ4n) is 2.69. The first-order chi connectivity index (χ1) is 10.0. The Morgan fingerprint density at radius 2 is 2.05 bits per heavy atom. The van der Waals surface area contributed by atoms with Crippen molar-refractivity contribution in [1.82, 2.24) is 14.5 Å². The van der Waals surface area contributed by atoms with Crippen molar-refractivity contribution < 1.29 is 4.79 Å². The quantitative estimate of drug-likeness (QED) is 0.793. The zero-order valence-electron chi connectivity index (χ0n) is 13.1. The monoisotopic (exact) mass is 307 g/mol. The van der Waals surface area contributed by atoms with Crippen LogP contribution in [0.25, 0.3) is 11.0 Å². The summed E-state index contributed by atoms with van der Waals surface area (Å²) in [6, 6.07) is 5.76. The number of fused-ring (bicyclic) bond motifs is 1. The lowest BCUT2D eigenvalue weighted by Crippen LogP contribution is -2.36. The maximum absolute atomic E-state index is 12.6. The summed E-state index contributed by atoms with van der Waals surface area (Å²) in [5.41, 5.74) is 3.00. The molecule has 0 saturated heterocycles. The molecule has 1 aromatic carbocycles. The van der Waals surface area contributed by atoms with E-state index in [1.807, 2.05) is 49.3 Å². The summed E-state index contributed by atoms with van der Waals surface area (Å²) in [6.07, 6.45) is 0. The van der Waals surface area contributed by atoms with E-state index in [4.69, 9.17) is 11.6 Å². The number of carbonyl (C=O) groups is 1. The number of alkyl halides is 1. The maximum Gasteiger partial charge on any atom is 0.245 e. The van der Waals surface area contributed by atoms with Gasteiger partial charge in [-0.1, -0.05) is 6.07 Å². The summed E-state index contributed by atoms with van der Waals surface area (Å²) in [7, 11) is 0. The summed E-state index contributed by atoms with van der Waals surface area (Å²) in [5.74, 6) is 1.14. The first kappa shape index (κ1) is 15.8. The van der Waals surface area contributed by atoms with Gasteiger partial charge in [0.2, 0.25) is 5.91 Å². The highest BCUT2D eigenvalue weighted by atomic mass is 35.5. The molecule has 0 aliphatic rings. The third kappa shape index (κ3) is 2.91. The standard InChI is InChI=1S/C16H22ClN3O/c1-5-19(6-2)16(21)12(4)20-14-9-11(3)7-8-13(14)18-15(20)10-17/h7-9,12H,5-6,10H2,1-4H3. The number of hydrogen-bond acceptors (Lipinski definition) is 2. The van der Waals surface area contributed by atoms with Gasteiger partial charge in [0, 0.05) is 13.1 Å². The van der Waals surface area contributed by atoms with Crippen molar-refractivity contribution in [3.05, 3.63) is 29.6 Å². The van der Waals surface area contributed by atoms with Crippen LogP contribution >= 0.6 is 11.6 Å². The van der Waals surface area contributed by atoms with E-state index >= 15 is 0 Å². The lowest BCUT2D eigenvalue weighted by atomic mass is 10.2. The van der Waals surface area contributed by atoms with E-state index in [9.17, 15) is 4.79 Å². The average molecular weight is 308 g/mol. The predicted molar refractivity (Wildman–Crippen MR) is 86.7 cm³/mol. The number of carbonyl (C=O) groups excluding carboxylic acids is 1. The number of nitrogens with zero attached hydrogens (tertiary/aromatic N) is 3. The largest absolute Gasteiger partial charge is 0.341 e. The highest BCUT2D eigenvalue weighted by Gasteiger charge is 2.24. The van der Waals surface area contributed by atoms with Crippen LogP contribution < -0.4 is 0 Å². The van der Waals surface area contributed by atoms with E-state index in [0.29, 0.717) is 19.0 Å². The van der Waals surface area contributed by atoms with Crippen LogP contribution in [-0.4, -0.2) is 33.4 Å². The molecule has 1 aromatic heterocycles. The van der Waals surface area contributed by atoms with E-state index in [2.05, 4.69) is 11.1 Å². The van der Waals surface area contributed by atoms with Gasteiger partial charge in [-0.05, 0) is 45.4 Å². The number of amides is 1. The highest BCUT2D eigenvalue weighted by Crippen LogP contribution is 2.24. The van der Waals surface area contributed by atoms with Crippen LogP contribution in [0.5, 0.6) is 0 Å². The molecule has 1 amide bonds. The van der Waals surface area contributed by atoms with Gasteiger partial charge >= 0.3 is 0 Å². The SMILES string of the molecule is CCN(CC)C(=O)C(C)n1c(CCl)nc2ccc(C)cc21. The van der Waals surface area contributed by atoms with E-state index in [-0.39, 0.29) is 11.9 Å². The third-order valence-corrected chi connectivity index (χ3v) is 4.10. The first-order valence-corrected chi connectivity index (χ1v) is 7.89. The summed E-state index contributed by atoms with van der Waals surface area (Å²) >= 11 is 6.03. The molecule has 0 spiro atoms. The molecule has 1 heterocycles. The Bertz CT molecular complexity index is 646. The van der Waals surface area contributed by atoms with Crippen molar-refractivity contribution in [1.29, 1.82) is 0 Å². The molecular formula is C16H22ClN3O. The molecule has 0 radical (unpaired) electrons. The molecule has 2 rings (SSSR count). The lowest BCUT2D eigenvalue weighted by molar-refractivity contribution is -0.133. The van der Waals surface area contributed by atoms with Crippen LogP contribution in [0.3, 0.4) is 0 Å². The van der Waals surface area contributed by atoms with Crippen molar-refractivity contribution in [2.45, 2.75) is 39.6 Å². The number of benzene rings is 1. The van der Waals surface area contributed by atoms with E-state index < -0.39 is 0 Å². The lowest BCUT2D eigenvalue weighted by Gasteiger charge is -2.25. The fourth-order valence-corrected chi connectivity index (χ4v) is 2.88. The second-order valence-electron chi connectivity index (χ2n) is 5.21. The summed E-state index contributed by atoms with van der Waals surface area (Å²) < 4.78 is 1.97. The van der Waals surface area contributed by atoms with Crippen molar-refractivity contribution in [3.8, 4) is 0 Å². The summed E-state index contributed by atoms with van der Waals surface area (Å²) in [5, 5.41) is 0. The molecule has 5 heteroatoms. The van der Waals surface area contributed by atoms with Gasteiger partial charge in [0.25, 0.3) is 0 Å². The molecule has 21 heavy (non-hydrogen) atoms. The minimum Gasteiger partial charge on any atom is -0.341 e. The number of aromatic nitrogens is 2. The minimum atomic E-state index is -0.301. The smallest absolute Gasteiger partial charge is 0.245 e. The van der Waals surface area contributed by atoms with E-state index in [1.54, 1.807) is 0 Å². The van der Waals surface area contributed by atoms with Crippen LogP contribution in [0.1, 0.15) is 38.2 Å². The van der Waals surface area contributed by atoms with Crippen LogP contribution in [0, 0.1) is 6.92 Å². The number of halogens is 1. The van der Waals surface area contributed by atoms with Crippen LogP contribution in [-0.2, 0) is 10.7 Å². The topological polar surface area (TPSA) is 38.1 Å². The summed E-state index contributed by atoms with van der Waals surface area (Å²) in [6.45, 7) is 9.36. The summed E-state index contributed by atoms with van der Waals surface area (Å²) in [4.78, 5) is 19.0. The van der Waals surface area contributed by atoms with Gasteiger partial charge in [-0.3, -0.25) is 4.79 Å². The molecule has 0 N–H and O–H groups in total. The van der Waals surface area contributed by atoms with Crippen molar-refractivity contribution in [2.24, 2.45) is 0 Å². The number of hydrogen-bond donors (Lipinski definition) is 0. The Morgan fingerprint density at radius 1 is 1.38 bits per heavy atom. The van der Waals surface area contributed by atoms with Crippen LogP contribution in [0.2, 0.25) is 0 Å².